The molecule has 1 aromatic carbocycles. The van der Waals surface area contributed by atoms with Crippen LogP contribution in [0.5, 0.6) is 0 Å². The second-order valence-electron chi connectivity index (χ2n) is 5.39. The van der Waals surface area contributed by atoms with Gasteiger partial charge in [-0.3, -0.25) is 0 Å². The Balaban J connectivity index is 2.19. The smallest absolute Gasteiger partial charge is 0.217 e. The summed E-state index contributed by atoms with van der Waals surface area (Å²) in [6.45, 7) is 3.91. The number of hydrogen-bond acceptors (Lipinski definition) is 4. The summed E-state index contributed by atoms with van der Waals surface area (Å²) in [6, 6.07) is 7.44. The van der Waals surface area contributed by atoms with Gasteiger partial charge in [0.05, 0.1) is 5.25 Å². The SMILES string of the molecule is CCCN(Cc1ccccc1N)S(=O)(=O)C1CCOCC1. The number of para-hydroxylation sites is 1. The van der Waals surface area contributed by atoms with E-state index in [1.165, 1.54) is 0 Å². The molecular weight excluding hydrogens is 288 g/mol. The normalized spacial score (nSPS) is 17.2. The summed E-state index contributed by atoms with van der Waals surface area (Å²) < 4.78 is 32.5. The molecule has 6 heteroatoms. The highest BCUT2D eigenvalue weighted by atomic mass is 32.2. The van der Waals surface area contributed by atoms with Crippen LogP contribution in [0.15, 0.2) is 24.3 Å². The highest BCUT2D eigenvalue weighted by Crippen LogP contribution is 2.23. The summed E-state index contributed by atoms with van der Waals surface area (Å²) in [5.74, 6) is 0. The van der Waals surface area contributed by atoms with Gasteiger partial charge in [0.15, 0.2) is 0 Å². The average Bonchev–Trinajstić information content (AvgIpc) is 2.50. The molecule has 0 amide bonds. The molecule has 21 heavy (non-hydrogen) atoms. The monoisotopic (exact) mass is 312 g/mol. The molecule has 0 saturated carbocycles. The molecule has 0 bridgehead atoms. The molecule has 0 atom stereocenters. The van der Waals surface area contributed by atoms with E-state index in [0.717, 1.165) is 12.0 Å². The van der Waals surface area contributed by atoms with Crippen molar-refractivity contribution in [2.45, 2.75) is 38.0 Å². The second-order valence-corrected chi connectivity index (χ2v) is 7.60. The van der Waals surface area contributed by atoms with Gasteiger partial charge in [-0.05, 0) is 30.9 Å². The lowest BCUT2D eigenvalue weighted by Gasteiger charge is -2.29. The van der Waals surface area contributed by atoms with Crippen molar-refractivity contribution in [2.75, 3.05) is 25.5 Å². The Kier molecular flexibility index (Phi) is 5.61. The van der Waals surface area contributed by atoms with Gasteiger partial charge in [0.2, 0.25) is 10.0 Å². The van der Waals surface area contributed by atoms with Gasteiger partial charge in [-0.1, -0.05) is 25.1 Å². The number of nitrogens with two attached hydrogens (primary N) is 1. The van der Waals surface area contributed by atoms with Gasteiger partial charge in [-0.15, -0.1) is 0 Å². The first-order chi connectivity index (χ1) is 10.1. The van der Waals surface area contributed by atoms with E-state index in [2.05, 4.69) is 0 Å². The molecule has 2 N–H and O–H groups in total. The zero-order valence-corrected chi connectivity index (χ0v) is 13.3. The Bertz CT molecular complexity index is 554. The lowest BCUT2D eigenvalue weighted by Crippen LogP contribution is -2.41. The molecule has 118 valence electrons. The number of ether oxygens (including phenoxy) is 1. The molecule has 0 spiro atoms. The first-order valence-electron chi connectivity index (χ1n) is 7.45. The zero-order valence-electron chi connectivity index (χ0n) is 12.5. The minimum absolute atomic E-state index is 0.331. The summed E-state index contributed by atoms with van der Waals surface area (Å²) in [5, 5.41) is -0.331. The zero-order chi connectivity index (χ0) is 15.3. The van der Waals surface area contributed by atoms with E-state index in [1.54, 1.807) is 10.4 Å². The van der Waals surface area contributed by atoms with E-state index in [4.69, 9.17) is 10.5 Å². The van der Waals surface area contributed by atoms with Crippen molar-refractivity contribution in [1.82, 2.24) is 4.31 Å². The van der Waals surface area contributed by atoms with E-state index in [0.29, 0.717) is 44.8 Å². The average molecular weight is 312 g/mol. The van der Waals surface area contributed by atoms with Gasteiger partial charge in [-0.2, -0.15) is 4.31 Å². The number of benzene rings is 1. The van der Waals surface area contributed by atoms with Crippen molar-refractivity contribution in [2.24, 2.45) is 0 Å². The summed E-state index contributed by atoms with van der Waals surface area (Å²) >= 11 is 0. The van der Waals surface area contributed by atoms with Crippen molar-refractivity contribution in [3.05, 3.63) is 29.8 Å². The third kappa shape index (κ3) is 3.96. The van der Waals surface area contributed by atoms with Crippen LogP contribution >= 0.6 is 0 Å². The summed E-state index contributed by atoms with van der Waals surface area (Å²) in [4.78, 5) is 0. The topological polar surface area (TPSA) is 72.6 Å². The molecule has 1 aromatic rings. The van der Waals surface area contributed by atoms with E-state index < -0.39 is 10.0 Å². The van der Waals surface area contributed by atoms with Crippen molar-refractivity contribution < 1.29 is 13.2 Å². The maximum Gasteiger partial charge on any atom is 0.217 e. The minimum Gasteiger partial charge on any atom is -0.398 e. The van der Waals surface area contributed by atoms with Crippen molar-refractivity contribution in [3.63, 3.8) is 0 Å². The van der Waals surface area contributed by atoms with Crippen molar-refractivity contribution in [1.29, 1.82) is 0 Å². The van der Waals surface area contributed by atoms with Gasteiger partial charge in [-0.25, -0.2) is 8.42 Å². The third-order valence-corrected chi connectivity index (χ3v) is 6.17. The van der Waals surface area contributed by atoms with Crippen molar-refractivity contribution in [3.8, 4) is 0 Å². The molecule has 0 aromatic heterocycles. The van der Waals surface area contributed by atoms with Crippen LogP contribution in [0, 0.1) is 0 Å². The van der Waals surface area contributed by atoms with Crippen LogP contribution in [-0.4, -0.2) is 37.7 Å². The summed E-state index contributed by atoms with van der Waals surface area (Å²) in [7, 11) is -3.30. The maximum absolute atomic E-state index is 12.8. The number of rotatable bonds is 6. The van der Waals surface area contributed by atoms with Crippen LogP contribution in [-0.2, 0) is 21.3 Å². The van der Waals surface area contributed by atoms with Crippen LogP contribution in [0.3, 0.4) is 0 Å². The Morgan fingerprint density at radius 3 is 2.57 bits per heavy atom. The van der Waals surface area contributed by atoms with E-state index in [-0.39, 0.29) is 5.25 Å². The van der Waals surface area contributed by atoms with Gasteiger partial charge < -0.3 is 10.5 Å². The Morgan fingerprint density at radius 1 is 1.29 bits per heavy atom. The number of hydrogen-bond donors (Lipinski definition) is 1. The molecule has 1 saturated heterocycles. The quantitative estimate of drug-likeness (QED) is 0.815. The number of nitrogen functional groups attached to an aromatic ring is 1. The largest absolute Gasteiger partial charge is 0.398 e. The van der Waals surface area contributed by atoms with Crippen LogP contribution in [0.4, 0.5) is 5.69 Å². The van der Waals surface area contributed by atoms with Crippen LogP contribution in [0.25, 0.3) is 0 Å². The fourth-order valence-electron chi connectivity index (χ4n) is 2.60. The molecule has 1 aliphatic heterocycles. The minimum atomic E-state index is -3.30. The molecule has 2 rings (SSSR count). The lowest BCUT2D eigenvalue weighted by molar-refractivity contribution is 0.0971. The molecule has 0 radical (unpaired) electrons. The molecule has 0 unspecified atom stereocenters. The number of anilines is 1. The fraction of sp³-hybridized carbons (Fsp3) is 0.600. The first kappa shape index (κ1) is 16.3. The Hall–Kier alpha value is -1.11. The molecule has 5 nitrogen and oxygen atoms in total. The summed E-state index contributed by atoms with van der Waals surface area (Å²) in [6.07, 6.45) is 1.94. The highest BCUT2D eigenvalue weighted by molar-refractivity contribution is 7.89. The fourth-order valence-corrected chi connectivity index (χ4v) is 4.56. The van der Waals surface area contributed by atoms with Gasteiger partial charge in [0.1, 0.15) is 0 Å². The van der Waals surface area contributed by atoms with Crippen molar-refractivity contribution >= 4 is 15.7 Å². The standard InChI is InChI=1S/C15H24N2O3S/c1-2-9-17(12-13-5-3-4-6-15(13)16)21(18,19)14-7-10-20-11-8-14/h3-6,14H,2,7-12,16H2,1H3. The highest BCUT2D eigenvalue weighted by Gasteiger charge is 2.33. The van der Waals surface area contributed by atoms with Crippen LogP contribution < -0.4 is 5.73 Å². The van der Waals surface area contributed by atoms with Crippen LogP contribution in [0.2, 0.25) is 0 Å². The van der Waals surface area contributed by atoms with Gasteiger partial charge in [0, 0.05) is 32.0 Å². The molecule has 1 heterocycles. The van der Waals surface area contributed by atoms with Gasteiger partial charge in [0.25, 0.3) is 0 Å². The van der Waals surface area contributed by atoms with Gasteiger partial charge >= 0.3 is 0 Å². The number of sulfonamides is 1. The molecule has 1 fully saturated rings. The Morgan fingerprint density at radius 2 is 1.95 bits per heavy atom. The first-order valence-corrected chi connectivity index (χ1v) is 8.96. The predicted molar refractivity (Wildman–Crippen MR) is 84.3 cm³/mol. The van der Waals surface area contributed by atoms with E-state index in [9.17, 15) is 8.42 Å². The second kappa shape index (κ2) is 7.24. The molecular formula is C15H24N2O3S. The lowest BCUT2D eigenvalue weighted by atomic mass is 10.2. The third-order valence-electron chi connectivity index (χ3n) is 3.82. The van der Waals surface area contributed by atoms with Crippen LogP contribution in [0.1, 0.15) is 31.7 Å². The molecule has 0 aliphatic carbocycles. The molecule has 1 aliphatic rings. The number of nitrogens with zero attached hydrogens (tertiary/aromatic N) is 1. The Labute approximate surface area is 127 Å². The van der Waals surface area contributed by atoms with E-state index >= 15 is 0 Å². The summed E-state index contributed by atoms with van der Waals surface area (Å²) in [5.41, 5.74) is 7.45. The predicted octanol–water partition coefficient (Wildman–Crippen LogP) is 1.99. The van der Waals surface area contributed by atoms with E-state index in [1.807, 2.05) is 25.1 Å². The maximum atomic E-state index is 12.8.